The van der Waals surface area contributed by atoms with Crippen LogP contribution in [0.3, 0.4) is 0 Å². The molecule has 0 bridgehead atoms. The molecule has 0 spiro atoms. The smallest absolute Gasteiger partial charge is 0.335 e. The number of barbiturate groups is 1. The number of nitro groups is 1. The Balaban J connectivity index is 2.04. The number of rotatable bonds is 6. The number of hydrogen-bond donors (Lipinski definition) is 1. The molecule has 0 saturated carbocycles. The Bertz CT molecular complexity index is 1130. The summed E-state index contributed by atoms with van der Waals surface area (Å²) in [5, 5.41) is 13.1. The van der Waals surface area contributed by atoms with E-state index in [9.17, 15) is 24.5 Å². The number of anilines is 1. The van der Waals surface area contributed by atoms with Crippen molar-refractivity contribution in [3.63, 3.8) is 0 Å². The van der Waals surface area contributed by atoms with Gasteiger partial charge in [-0.3, -0.25) is 25.0 Å². The van der Waals surface area contributed by atoms with Crippen LogP contribution >= 0.6 is 22.6 Å². The predicted octanol–water partition coefficient (Wildman–Crippen LogP) is 3.27. The molecule has 1 aliphatic heterocycles. The molecule has 31 heavy (non-hydrogen) atoms. The standard InChI is InChI=1S/C20H16IN3O7/c1-3-31-17-15(21)8-11(9-16(17)30-2)7-14-18(25)22-20(27)23(19(14)26)12-5-4-6-13(10-12)24(28)29/h4-10H,3H2,1-2H3,(H,22,25,27)/b14-7+. The van der Waals surface area contributed by atoms with Gasteiger partial charge in [0.2, 0.25) is 0 Å². The van der Waals surface area contributed by atoms with Gasteiger partial charge < -0.3 is 9.47 Å². The van der Waals surface area contributed by atoms with Crippen molar-refractivity contribution in [2.75, 3.05) is 18.6 Å². The van der Waals surface area contributed by atoms with Crippen LogP contribution in [-0.4, -0.2) is 36.5 Å². The third kappa shape index (κ3) is 4.50. The van der Waals surface area contributed by atoms with Crippen molar-refractivity contribution in [3.8, 4) is 11.5 Å². The number of hydrogen-bond acceptors (Lipinski definition) is 7. The molecule has 0 unspecified atom stereocenters. The summed E-state index contributed by atoms with van der Waals surface area (Å²) in [5.74, 6) is -0.840. The molecule has 0 radical (unpaired) electrons. The van der Waals surface area contributed by atoms with Gasteiger partial charge in [0.25, 0.3) is 17.5 Å². The largest absolute Gasteiger partial charge is 0.493 e. The summed E-state index contributed by atoms with van der Waals surface area (Å²) in [6, 6.07) is 7.30. The van der Waals surface area contributed by atoms with Crippen molar-refractivity contribution in [2.45, 2.75) is 6.92 Å². The van der Waals surface area contributed by atoms with Gasteiger partial charge in [0.15, 0.2) is 11.5 Å². The Kier molecular flexibility index (Phi) is 6.53. The molecule has 160 valence electrons. The Morgan fingerprint density at radius 3 is 2.61 bits per heavy atom. The fourth-order valence-electron chi connectivity index (χ4n) is 2.91. The minimum absolute atomic E-state index is 0.0334. The van der Waals surface area contributed by atoms with E-state index in [1.165, 1.54) is 31.4 Å². The minimum Gasteiger partial charge on any atom is -0.493 e. The molecule has 1 saturated heterocycles. The molecule has 1 aliphatic rings. The van der Waals surface area contributed by atoms with Gasteiger partial charge in [-0.1, -0.05) is 6.07 Å². The van der Waals surface area contributed by atoms with Crippen molar-refractivity contribution in [3.05, 3.63) is 61.2 Å². The number of carbonyl (C=O) groups excluding carboxylic acids is 3. The van der Waals surface area contributed by atoms with Gasteiger partial charge in [0, 0.05) is 12.1 Å². The number of nitrogens with zero attached hydrogens (tertiary/aromatic N) is 2. The quantitative estimate of drug-likeness (QED) is 0.197. The van der Waals surface area contributed by atoms with Crippen LogP contribution < -0.4 is 19.7 Å². The number of methoxy groups -OCH3 is 1. The maximum Gasteiger partial charge on any atom is 0.335 e. The topological polar surface area (TPSA) is 128 Å². The average Bonchev–Trinajstić information content (AvgIpc) is 2.73. The van der Waals surface area contributed by atoms with Crippen LogP contribution in [-0.2, 0) is 9.59 Å². The molecule has 10 nitrogen and oxygen atoms in total. The van der Waals surface area contributed by atoms with Gasteiger partial charge in [0.05, 0.1) is 27.9 Å². The number of urea groups is 1. The van der Waals surface area contributed by atoms with Crippen LogP contribution in [0.15, 0.2) is 42.0 Å². The normalized spacial score (nSPS) is 15.1. The summed E-state index contributed by atoms with van der Waals surface area (Å²) in [4.78, 5) is 48.7. The number of carbonyl (C=O) groups is 3. The second-order valence-corrected chi connectivity index (χ2v) is 7.36. The van der Waals surface area contributed by atoms with Crippen molar-refractivity contribution < 1.29 is 28.8 Å². The first-order valence-electron chi connectivity index (χ1n) is 8.93. The summed E-state index contributed by atoms with van der Waals surface area (Å²) >= 11 is 2.04. The van der Waals surface area contributed by atoms with Gasteiger partial charge in [-0.05, 0) is 59.4 Å². The zero-order valence-corrected chi connectivity index (χ0v) is 18.5. The number of ether oxygens (including phenoxy) is 2. The molecule has 0 aliphatic carbocycles. The van der Waals surface area contributed by atoms with Gasteiger partial charge >= 0.3 is 6.03 Å². The monoisotopic (exact) mass is 537 g/mol. The second kappa shape index (κ2) is 9.12. The predicted molar refractivity (Wildman–Crippen MR) is 119 cm³/mol. The first-order chi connectivity index (χ1) is 14.8. The molecule has 1 heterocycles. The Labute approximate surface area is 190 Å². The van der Waals surface area contributed by atoms with E-state index in [1.807, 2.05) is 29.5 Å². The number of benzene rings is 2. The zero-order valence-electron chi connectivity index (χ0n) is 16.4. The van der Waals surface area contributed by atoms with Crippen molar-refractivity contribution in [1.29, 1.82) is 0 Å². The summed E-state index contributed by atoms with van der Waals surface area (Å²) in [6.07, 6.45) is 1.31. The highest BCUT2D eigenvalue weighted by Crippen LogP contribution is 2.35. The lowest BCUT2D eigenvalue weighted by molar-refractivity contribution is -0.384. The number of halogens is 1. The zero-order chi connectivity index (χ0) is 22.7. The molecular formula is C20H16IN3O7. The lowest BCUT2D eigenvalue weighted by atomic mass is 10.1. The fourth-order valence-corrected chi connectivity index (χ4v) is 3.69. The van der Waals surface area contributed by atoms with Crippen LogP contribution in [0.4, 0.5) is 16.2 Å². The number of non-ortho nitro benzene ring substituents is 1. The van der Waals surface area contributed by atoms with E-state index in [2.05, 4.69) is 5.32 Å². The summed E-state index contributed by atoms with van der Waals surface area (Å²) in [5.41, 5.74) is -0.176. The van der Waals surface area contributed by atoms with Crippen molar-refractivity contribution in [1.82, 2.24) is 5.32 Å². The van der Waals surface area contributed by atoms with E-state index in [-0.39, 0.29) is 16.9 Å². The molecule has 0 aromatic heterocycles. The molecule has 0 atom stereocenters. The van der Waals surface area contributed by atoms with Crippen LogP contribution in [0, 0.1) is 13.7 Å². The number of nitrogens with one attached hydrogen (secondary N) is 1. The Hall–Kier alpha value is -3.48. The number of nitro benzene ring substituents is 1. The molecule has 2 aromatic rings. The van der Waals surface area contributed by atoms with Gasteiger partial charge in [-0.15, -0.1) is 0 Å². The second-order valence-electron chi connectivity index (χ2n) is 6.20. The number of imide groups is 2. The van der Waals surface area contributed by atoms with E-state index >= 15 is 0 Å². The molecule has 11 heteroatoms. The maximum absolute atomic E-state index is 13.0. The third-order valence-corrected chi connectivity index (χ3v) is 5.05. The third-order valence-electron chi connectivity index (χ3n) is 4.25. The summed E-state index contributed by atoms with van der Waals surface area (Å²) in [6.45, 7) is 2.25. The molecule has 1 fully saturated rings. The fraction of sp³-hybridized carbons (Fsp3) is 0.150. The van der Waals surface area contributed by atoms with E-state index < -0.39 is 22.8 Å². The molecule has 2 aromatic carbocycles. The van der Waals surface area contributed by atoms with Crippen molar-refractivity contribution in [2.24, 2.45) is 0 Å². The first kappa shape index (κ1) is 22.2. The van der Waals surface area contributed by atoms with Gasteiger partial charge in [-0.2, -0.15) is 0 Å². The number of amides is 4. The maximum atomic E-state index is 13.0. The van der Waals surface area contributed by atoms with Gasteiger partial charge in [0.1, 0.15) is 5.57 Å². The van der Waals surface area contributed by atoms with Crippen LogP contribution in [0.5, 0.6) is 11.5 Å². The average molecular weight is 537 g/mol. The molecule has 1 N–H and O–H groups in total. The molecule has 3 rings (SSSR count). The lowest BCUT2D eigenvalue weighted by Crippen LogP contribution is -2.54. The highest BCUT2D eigenvalue weighted by Gasteiger charge is 2.37. The Morgan fingerprint density at radius 1 is 1.23 bits per heavy atom. The van der Waals surface area contributed by atoms with Crippen molar-refractivity contribution >= 4 is 57.9 Å². The van der Waals surface area contributed by atoms with E-state index in [4.69, 9.17) is 9.47 Å². The van der Waals surface area contributed by atoms with E-state index in [0.717, 1.165) is 6.07 Å². The van der Waals surface area contributed by atoms with Gasteiger partial charge in [-0.25, -0.2) is 9.69 Å². The highest BCUT2D eigenvalue weighted by molar-refractivity contribution is 14.1. The van der Waals surface area contributed by atoms with E-state index in [1.54, 1.807) is 12.1 Å². The van der Waals surface area contributed by atoms with Crippen LogP contribution in [0.25, 0.3) is 6.08 Å². The minimum atomic E-state index is -0.994. The van der Waals surface area contributed by atoms with E-state index in [0.29, 0.717) is 32.1 Å². The SMILES string of the molecule is CCOc1c(I)cc(/C=C2\C(=O)NC(=O)N(c3cccc([N+](=O)[O-])c3)C2=O)cc1OC. The Morgan fingerprint density at radius 2 is 1.97 bits per heavy atom. The molecular weight excluding hydrogens is 521 g/mol. The first-order valence-corrected chi connectivity index (χ1v) is 10.0. The summed E-state index contributed by atoms with van der Waals surface area (Å²) in [7, 11) is 1.46. The lowest BCUT2D eigenvalue weighted by Gasteiger charge is -2.26. The van der Waals surface area contributed by atoms with Crippen LogP contribution in [0.2, 0.25) is 0 Å². The summed E-state index contributed by atoms with van der Waals surface area (Å²) < 4.78 is 11.6. The molecule has 4 amide bonds. The highest BCUT2D eigenvalue weighted by atomic mass is 127. The van der Waals surface area contributed by atoms with Crippen LogP contribution in [0.1, 0.15) is 12.5 Å².